The molecule has 0 aromatic carbocycles. The summed E-state index contributed by atoms with van der Waals surface area (Å²) in [6.07, 6.45) is 3.06. The van der Waals surface area contributed by atoms with Crippen LogP contribution in [0.2, 0.25) is 58.9 Å². The smallest absolute Gasteiger partial charge is 0.340 e. The van der Waals surface area contributed by atoms with Gasteiger partial charge >= 0.3 is 5.97 Å². The molecule has 1 saturated heterocycles. The topological polar surface area (TPSA) is 57.2 Å². The Morgan fingerprint density at radius 2 is 1.64 bits per heavy atom. The van der Waals surface area contributed by atoms with Gasteiger partial charge in [-0.05, 0) is 83.8 Å². The Morgan fingerprint density at radius 3 is 2.12 bits per heavy atom. The van der Waals surface area contributed by atoms with Gasteiger partial charge in [0.1, 0.15) is 6.61 Å². The minimum absolute atomic E-state index is 0.0772. The molecular weight excluding hydrogens is 467 g/mol. The Kier molecular flexibility index (Phi) is 9.08. The summed E-state index contributed by atoms with van der Waals surface area (Å²) >= 11 is 0. The van der Waals surface area contributed by atoms with E-state index in [1.807, 2.05) is 20.8 Å². The largest absolute Gasteiger partial charge is 0.459 e. The van der Waals surface area contributed by atoms with Gasteiger partial charge in [0.15, 0.2) is 30.6 Å². The summed E-state index contributed by atoms with van der Waals surface area (Å²) in [5.41, 5.74) is 0.0431. The molecular formula is C24H49NO5Si3. The number of rotatable bonds is 11. The molecule has 2 rings (SSSR count). The van der Waals surface area contributed by atoms with Crippen molar-refractivity contribution in [3.63, 3.8) is 0 Å². The SMILES string of the molecule is CC(C)C(O[Si](C)(C)C)(C(=O)OCC1=CCN2CCC(O[Si](C)(C)C)C12)C(C)O[Si](C)(C)C. The maximum Gasteiger partial charge on any atom is 0.340 e. The van der Waals surface area contributed by atoms with E-state index in [9.17, 15) is 4.79 Å². The van der Waals surface area contributed by atoms with Gasteiger partial charge in [0, 0.05) is 13.1 Å². The third kappa shape index (κ3) is 7.59. The highest BCUT2D eigenvalue weighted by atomic mass is 28.4. The fraction of sp³-hybridized carbons (Fsp3) is 0.875. The first-order valence-electron chi connectivity index (χ1n) is 12.5. The van der Waals surface area contributed by atoms with Gasteiger partial charge in [-0.3, -0.25) is 4.90 Å². The molecule has 0 spiro atoms. The molecule has 0 saturated carbocycles. The second-order valence-electron chi connectivity index (χ2n) is 12.9. The van der Waals surface area contributed by atoms with Gasteiger partial charge in [-0.1, -0.05) is 19.9 Å². The van der Waals surface area contributed by atoms with Crippen molar-refractivity contribution in [3.05, 3.63) is 11.6 Å². The summed E-state index contributed by atoms with van der Waals surface area (Å²) in [7, 11) is -5.63. The van der Waals surface area contributed by atoms with E-state index in [0.29, 0.717) is 0 Å². The second kappa shape index (κ2) is 10.4. The fourth-order valence-electron chi connectivity index (χ4n) is 5.08. The maximum absolute atomic E-state index is 13.8. The highest BCUT2D eigenvalue weighted by Crippen LogP contribution is 2.36. The molecule has 4 atom stereocenters. The van der Waals surface area contributed by atoms with Crippen LogP contribution in [0.1, 0.15) is 27.2 Å². The minimum atomic E-state index is -2.08. The summed E-state index contributed by atoms with van der Waals surface area (Å²) in [5, 5.41) is 0. The van der Waals surface area contributed by atoms with Crippen LogP contribution in [-0.2, 0) is 22.8 Å². The number of carbonyl (C=O) groups is 1. The van der Waals surface area contributed by atoms with Crippen molar-refractivity contribution in [1.29, 1.82) is 0 Å². The van der Waals surface area contributed by atoms with Crippen molar-refractivity contribution in [2.75, 3.05) is 19.7 Å². The summed E-state index contributed by atoms with van der Waals surface area (Å²) < 4.78 is 25.7. The molecule has 33 heavy (non-hydrogen) atoms. The number of ether oxygens (including phenoxy) is 1. The molecule has 0 amide bonds. The van der Waals surface area contributed by atoms with Crippen LogP contribution in [0.4, 0.5) is 0 Å². The van der Waals surface area contributed by atoms with Crippen molar-refractivity contribution in [3.8, 4) is 0 Å². The molecule has 0 aliphatic carbocycles. The lowest BCUT2D eigenvalue weighted by molar-refractivity contribution is -0.178. The first kappa shape index (κ1) is 28.9. The highest BCUT2D eigenvalue weighted by molar-refractivity contribution is 6.70. The Balaban J connectivity index is 2.23. The second-order valence-corrected chi connectivity index (χ2v) is 26.2. The molecule has 2 heterocycles. The van der Waals surface area contributed by atoms with Crippen LogP contribution in [0, 0.1) is 5.92 Å². The number of hydrogen-bond donors (Lipinski definition) is 0. The molecule has 0 radical (unpaired) electrons. The third-order valence-corrected chi connectivity index (χ3v) is 9.10. The molecule has 0 aromatic rings. The lowest BCUT2D eigenvalue weighted by Crippen LogP contribution is -2.62. The van der Waals surface area contributed by atoms with Crippen molar-refractivity contribution in [2.45, 2.75) is 110 Å². The zero-order chi connectivity index (χ0) is 25.4. The molecule has 4 unspecified atom stereocenters. The van der Waals surface area contributed by atoms with Gasteiger partial charge in [0.25, 0.3) is 0 Å². The average molecular weight is 516 g/mol. The monoisotopic (exact) mass is 515 g/mol. The van der Waals surface area contributed by atoms with Gasteiger partial charge in [-0.25, -0.2) is 4.79 Å². The number of fused-ring (bicyclic) bond motifs is 1. The lowest BCUT2D eigenvalue weighted by atomic mass is 9.85. The van der Waals surface area contributed by atoms with Crippen molar-refractivity contribution in [2.24, 2.45) is 5.92 Å². The Morgan fingerprint density at radius 1 is 1.03 bits per heavy atom. The predicted molar refractivity (Wildman–Crippen MR) is 143 cm³/mol. The normalized spacial score (nSPS) is 25.1. The molecule has 0 N–H and O–H groups in total. The van der Waals surface area contributed by atoms with Crippen LogP contribution in [0.3, 0.4) is 0 Å². The van der Waals surface area contributed by atoms with Gasteiger partial charge in [0.05, 0.1) is 18.2 Å². The Hall–Kier alpha value is -0.299. The molecule has 0 aromatic heterocycles. The van der Waals surface area contributed by atoms with Crippen molar-refractivity contribution in [1.82, 2.24) is 4.90 Å². The zero-order valence-electron chi connectivity index (χ0n) is 23.2. The Bertz CT molecular complexity index is 723. The molecule has 192 valence electrons. The van der Waals surface area contributed by atoms with E-state index >= 15 is 0 Å². The number of nitrogens with zero attached hydrogens (tertiary/aromatic N) is 1. The number of hydrogen-bond acceptors (Lipinski definition) is 6. The van der Waals surface area contributed by atoms with Crippen LogP contribution < -0.4 is 0 Å². The predicted octanol–water partition coefficient (Wildman–Crippen LogP) is 5.25. The molecule has 2 aliphatic rings. The third-order valence-electron chi connectivity index (χ3n) is 6.08. The van der Waals surface area contributed by atoms with Crippen LogP contribution in [0.25, 0.3) is 0 Å². The van der Waals surface area contributed by atoms with E-state index in [2.05, 4.69) is 69.9 Å². The average Bonchev–Trinajstić information content (AvgIpc) is 3.16. The van der Waals surface area contributed by atoms with Crippen LogP contribution in [0.15, 0.2) is 11.6 Å². The maximum atomic E-state index is 13.8. The molecule has 2 aliphatic heterocycles. The Labute approximate surface area is 205 Å². The van der Waals surface area contributed by atoms with Gasteiger partial charge < -0.3 is 18.0 Å². The summed E-state index contributed by atoms with van der Waals surface area (Å²) in [6.45, 7) is 27.8. The van der Waals surface area contributed by atoms with E-state index in [4.69, 9.17) is 18.0 Å². The first-order valence-corrected chi connectivity index (χ1v) is 22.7. The van der Waals surface area contributed by atoms with E-state index in [0.717, 1.165) is 25.1 Å². The number of esters is 1. The van der Waals surface area contributed by atoms with Crippen molar-refractivity contribution < 1.29 is 22.8 Å². The van der Waals surface area contributed by atoms with Gasteiger partial charge in [-0.2, -0.15) is 0 Å². The number of carbonyl (C=O) groups excluding carboxylic acids is 1. The lowest BCUT2D eigenvalue weighted by Gasteiger charge is -2.45. The van der Waals surface area contributed by atoms with Gasteiger partial charge in [0.2, 0.25) is 0 Å². The van der Waals surface area contributed by atoms with Crippen LogP contribution >= 0.6 is 0 Å². The highest BCUT2D eigenvalue weighted by Gasteiger charge is 2.53. The van der Waals surface area contributed by atoms with E-state index in [1.165, 1.54) is 0 Å². The summed E-state index contributed by atoms with van der Waals surface area (Å²) in [4.78, 5) is 16.3. The van der Waals surface area contributed by atoms with Gasteiger partial charge in [-0.15, -0.1) is 0 Å². The summed E-state index contributed by atoms with van der Waals surface area (Å²) in [6, 6.07) is 0.214. The standard InChI is InChI=1S/C24H49NO5Si3/c1-18(2)24(30-33(10,11)12,19(3)28-31(4,5)6)23(26)27-17-20-13-15-25-16-14-21(22(20)25)29-32(7,8)9/h13,18-19,21-22H,14-17H2,1-12H3. The molecule has 1 fully saturated rings. The molecule has 6 nitrogen and oxygen atoms in total. The van der Waals surface area contributed by atoms with Crippen molar-refractivity contribution >= 4 is 30.9 Å². The van der Waals surface area contributed by atoms with E-state index < -0.39 is 30.6 Å². The van der Waals surface area contributed by atoms with Crippen LogP contribution in [0.5, 0.6) is 0 Å². The zero-order valence-corrected chi connectivity index (χ0v) is 26.2. The minimum Gasteiger partial charge on any atom is -0.459 e. The van der Waals surface area contributed by atoms with Crippen LogP contribution in [-0.4, -0.2) is 79.4 Å². The van der Waals surface area contributed by atoms with E-state index in [1.54, 1.807) is 0 Å². The molecule has 0 bridgehead atoms. The first-order chi connectivity index (χ1) is 14.9. The summed E-state index contributed by atoms with van der Waals surface area (Å²) in [5.74, 6) is -0.378. The van der Waals surface area contributed by atoms with E-state index in [-0.39, 0.29) is 36.7 Å². The molecule has 9 heteroatoms. The quantitative estimate of drug-likeness (QED) is 0.213. The fourth-order valence-corrected chi connectivity index (χ4v) is 8.97.